The van der Waals surface area contributed by atoms with Crippen molar-refractivity contribution in [3.8, 4) is 22.3 Å². The lowest BCUT2D eigenvalue weighted by Gasteiger charge is -2.36. The van der Waals surface area contributed by atoms with E-state index in [1.165, 1.54) is 18.5 Å². The van der Waals surface area contributed by atoms with Crippen LogP contribution >= 0.6 is 0 Å². The third-order valence-electron chi connectivity index (χ3n) is 8.89. The van der Waals surface area contributed by atoms with Crippen LogP contribution in [0.3, 0.4) is 0 Å². The molecule has 12 heteroatoms. The van der Waals surface area contributed by atoms with Crippen LogP contribution in [-0.2, 0) is 4.74 Å². The second-order valence-electron chi connectivity index (χ2n) is 13.6. The molecular formula is C37H38F2N8O2. The smallest absolute Gasteiger partial charge is 0.407 e. The van der Waals surface area contributed by atoms with Gasteiger partial charge in [0, 0.05) is 61.1 Å². The number of alkyl carbamates (subject to hydrolysis) is 1. The van der Waals surface area contributed by atoms with E-state index in [1.807, 2.05) is 64.4 Å². The fraction of sp³-hybridized carbons (Fsp3) is 0.324. The lowest BCUT2D eigenvalue weighted by molar-refractivity contribution is 0.0497. The molecule has 1 amide bonds. The largest absolute Gasteiger partial charge is 0.444 e. The van der Waals surface area contributed by atoms with Crippen LogP contribution in [0.5, 0.6) is 0 Å². The fourth-order valence-corrected chi connectivity index (χ4v) is 6.54. The van der Waals surface area contributed by atoms with Gasteiger partial charge in [-0.25, -0.2) is 28.1 Å². The van der Waals surface area contributed by atoms with Crippen LogP contribution in [0.1, 0.15) is 57.8 Å². The Morgan fingerprint density at radius 3 is 2.41 bits per heavy atom. The van der Waals surface area contributed by atoms with Crippen LogP contribution in [0, 0.1) is 18.6 Å². The molecule has 0 spiro atoms. The number of carbonyl (C=O) groups excluding carboxylic acids is 1. The molecule has 1 saturated heterocycles. The van der Waals surface area contributed by atoms with Crippen molar-refractivity contribution in [1.29, 1.82) is 0 Å². The number of piperidine rings is 1. The van der Waals surface area contributed by atoms with E-state index in [4.69, 9.17) is 14.7 Å². The number of ether oxygens (including phenoxy) is 1. The summed E-state index contributed by atoms with van der Waals surface area (Å²) >= 11 is 0. The predicted molar refractivity (Wildman–Crippen MR) is 184 cm³/mol. The van der Waals surface area contributed by atoms with Gasteiger partial charge in [-0.05, 0) is 94.5 Å². The number of aryl methyl sites for hydroxylation is 1. The Labute approximate surface area is 282 Å². The minimum Gasteiger partial charge on any atom is -0.444 e. The molecule has 6 aromatic rings. The summed E-state index contributed by atoms with van der Waals surface area (Å²) in [6.07, 6.45) is 9.83. The molecule has 1 fully saturated rings. The van der Waals surface area contributed by atoms with Gasteiger partial charge in [0.25, 0.3) is 0 Å². The lowest BCUT2D eigenvalue weighted by Crippen LogP contribution is -2.46. The summed E-state index contributed by atoms with van der Waals surface area (Å²) in [5.41, 5.74) is 6.29. The van der Waals surface area contributed by atoms with Crippen LogP contribution in [0.15, 0.2) is 73.6 Å². The number of hydrogen-bond donors (Lipinski definition) is 1. The third-order valence-corrected chi connectivity index (χ3v) is 8.89. The Morgan fingerprint density at radius 1 is 0.959 bits per heavy atom. The van der Waals surface area contributed by atoms with Crippen LogP contribution in [-0.4, -0.2) is 60.0 Å². The van der Waals surface area contributed by atoms with Gasteiger partial charge < -0.3 is 19.5 Å². The van der Waals surface area contributed by atoms with Crippen LogP contribution in [0.2, 0.25) is 0 Å². The molecular weight excluding hydrogens is 626 g/mol. The SMILES string of the molecule is Cc1ccc([C@H](C)n2cc(-c3ccn4ncnc4c3)c3c(N4CCC(NC(=O)OC(C)(C)C)CC4)c(-c4cc(F)cc(F)c4)cnc32)nc1. The number of nitrogens with zero attached hydrogens (tertiary/aromatic N) is 7. The van der Waals surface area contributed by atoms with Crippen molar-refractivity contribution in [2.75, 3.05) is 18.0 Å². The van der Waals surface area contributed by atoms with Gasteiger partial charge in [0.15, 0.2) is 5.65 Å². The molecule has 10 nitrogen and oxygen atoms in total. The van der Waals surface area contributed by atoms with Crippen molar-refractivity contribution in [2.24, 2.45) is 0 Å². The van der Waals surface area contributed by atoms with Crippen molar-refractivity contribution in [2.45, 2.75) is 65.1 Å². The van der Waals surface area contributed by atoms with Gasteiger partial charge >= 0.3 is 6.09 Å². The molecule has 1 aromatic carbocycles. The Balaban J connectivity index is 1.40. The molecule has 5 aromatic heterocycles. The minimum absolute atomic E-state index is 0.0921. The van der Waals surface area contributed by atoms with E-state index in [-0.39, 0.29) is 12.1 Å². The molecule has 1 atom stereocenters. The molecule has 49 heavy (non-hydrogen) atoms. The quantitative estimate of drug-likeness (QED) is 0.197. The standard InChI is InChI=1S/C37H38F2N8O2/c1-22-6-7-31(40-18-22)23(2)46-20-30(24-8-13-47-32(16-24)42-21-43-47)33-34(29(19-41-35(33)46)25-14-26(38)17-27(39)15-25)45-11-9-28(10-12-45)44-36(48)49-37(3,4)5/h6-8,13-21,23,28H,9-12H2,1-5H3,(H,44,48)/t23-/m0/s1. The predicted octanol–water partition coefficient (Wildman–Crippen LogP) is 7.50. The van der Waals surface area contributed by atoms with Crippen molar-refractivity contribution < 1.29 is 18.3 Å². The van der Waals surface area contributed by atoms with Crippen molar-refractivity contribution in [3.05, 3.63) is 96.5 Å². The molecule has 252 valence electrons. The third kappa shape index (κ3) is 6.55. The zero-order valence-electron chi connectivity index (χ0n) is 28.1. The first-order valence-corrected chi connectivity index (χ1v) is 16.4. The van der Waals surface area contributed by atoms with Gasteiger partial charge in [-0.3, -0.25) is 4.98 Å². The van der Waals surface area contributed by atoms with Crippen LogP contribution in [0.4, 0.5) is 19.3 Å². The zero-order chi connectivity index (χ0) is 34.4. The van der Waals surface area contributed by atoms with Gasteiger partial charge in [0.2, 0.25) is 0 Å². The average molecular weight is 665 g/mol. The average Bonchev–Trinajstić information content (AvgIpc) is 3.68. The summed E-state index contributed by atoms with van der Waals surface area (Å²) in [7, 11) is 0. The van der Waals surface area contributed by atoms with E-state index in [2.05, 4.69) is 38.0 Å². The Bertz CT molecular complexity index is 2140. The highest BCUT2D eigenvalue weighted by molar-refractivity contribution is 6.08. The zero-order valence-corrected chi connectivity index (χ0v) is 28.1. The molecule has 1 aliphatic heterocycles. The highest BCUT2D eigenvalue weighted by atomic mass is 19.1. The summed E-state index contributed by atoms with van der Waals surface area (Å²) in [6, 6.07) is 11.3. The van der Waals surface area contributed by atoms with Crippen molar-refractivity contribution >= 4 is 28.5 Å². The number of aromatic nitrogens is 6. The van der Waals surface area contributed by atoms with E-state index in [0.29, 0.717) is 48.4 Å². The number of anilines is 1. The fourth-order valence-electron chi connectivity index (χ4n) is 6.54. The second kappa shape index (κ2) is 12.6. The number of nitrogens with one attached hydrogen (secondary N) is 1. The van der Waals surface area contributed by atoms with E-state index in [0.717, 1.165) is 39.5 Å². The Hall–Kier alpha value is -5.39. The summed E-state index contributed by atoms with van der Waals surface area (Å²) in [6.45, 7) is 10.7. The normalized spacial score (nSPS) is 14.8. The topological polar surface area (TPSA) is 102 Å². The molecule has 1 N–H and O–H groups in total. The number of hydrogen-bond acceptors (Lipinski definition) is 7. The highest BCUT2D eigenvalue weighted by Gasteiger charge is 2.30. The summed E-state index contributed by atoms with van der Waals surface area (Å²) in [4.78, 5) is 28.9. The van der Waals surface area contributed by atoms with Gasteiger partial charge in [0.05, 0.1) is 22.8 Å². The van der Waals surface area contributed by atoms with E-state index in [9.17, 15) is 13.6 Å². The maximum Gasteiger partial charge on any atom is 0.407 e. The minimum atomic E-state index is -0.671. The number of carbonyl (C=O) groups is 1. The van der Waals surface area contributed by atoms with Crippen molar-refractivity contribution in [3.63, 3.8) is 0 Å². The van der Waals surface area contributed by atoms with Crippen LogP contribution in [0.25, 0.3) is 38.9 Å². The number of pyridine rings is 3. The van der Waals surface area contributed by atoms with Crippen LogP contribution < -0.4 is 10.2 Å². The van der Waals surface area contributed by atoms with E-state index in [1.54, 1.807) is 10.7 Å². The molecule has 6 heterocycles. The summed E-state index contributed by atoms with van der Waals surface area (Å²) < 4.78 is 38.8. The van der Waals surface area contributed by atoms with Gasteiger partial charge in [0.1, 0.15) is 29.2 Å². The summed E-state index contributed by atoms with van der Waals surface area (Å²) in [5.74, 6) is -1.34. The maximum absolute atomic E-state index is 14.7. The number of benzene rings is 1. The molecule has 7 rings (SSSR count). The Morgan fingerprint density at radius 2 is 1.71 bits per heavy atom. The first-order chi connectivity index (χ1) is 23.4. The van der Waals surface area contributed by atoms with Gasteiger partial charge in [-0.15, -0.1) is 0 Å². The maximum atomic E-state index is 14.7. The molecule has 1 aliphatic rings. The Kier molecular flexibility index (Phi) is 8.25. The molecule has 0 bridgehead atoms. The number of amides is 1. The molecule has 0 saturated carbocycles. The van der Waals surface area contributed by atoms with E-state index >= 15 is 0 Å². The summed E-state index contributed by atoms with van der Waals surface area (Å²) in [5, 5.41) is 8.12. The molecule has 0 unspecified atom stereocenters. The van der Waals surface area contributed by atoms with Crippen molar-refractivity contribution in [1.82, 2.24) is 34.4 Å². The second-order valence-corrected chi connectivity index (χ2v) is 13.6. The lowest BCUT2D eigenvalue weighted by atomic mass is 9.96. The molecule has 0 radical (unpaired) electrons. The van der Waals surface area contributed by atoms with Gasteiger partial charge in [-0.2, -0.15) is 5.10 Å². The first kappa shape index (κ1) is 32.2. The van der Waals surface area contributed by atoms with Gasteiger partial charge in [-0.1, -0.05) is 6.07 Å². The number of fused-ring (bicyclic) bond motifs is 2. The highest BCUT2D eigenvalue weighted by Crippen LogP contribution is 2.45. The van der Waals surface area contributed by atoms with E-state index < -0.39 is 23.3 Å². The monoisotopic (exact) mass is 664 g/mol. The first-order valence-electron chi connectivity index (χ1n) is 16.4. The molecule has 0 aliphatic carbocycles. The number of rotatable bonds is 6. The number of halogens is 2.